The summed E-state index contributed by atoms with van der Waals surface area (Å²) in [5.74, 6) is -0.339. The number of thiophene rings is 1. The summed E-state index contributed by atoms with van der Waals surface area (Å²) in [7, 11) is 3.21. The molecule has 1 aromatic rings. The summed E-state index contributed by atoms with van der Waals surface area (Å²) in [6.45, 7) is 3.11. The van der Waals surface area contributed by atoms with Crippen molar-refractivity contribution >= 4 is 23.2 Å². The number of likely N-dealkylation sites (tertiary alicyclic amines) is 1. The van der Waals surface area contributed by atoms with Gasteiger partial charge in [-0.25, -0.2) is 0 Å². The number of nitrogens with zero attached hydrogens (tertiary/aromatic N) is 1. The molecule has 0 aliphatic carbocycles. The second-order valence-corrected chi connectivity index (χ2v) is 6.26. The van der Waals surface area contributed by atoms with Crippen LogP contribution in [0.15, 0.2) is 12.1 Å². The van der Waals surface area contributed by atoms with E-state index in [1.165, 1.54) is 18.4 Å². The van der Waals surface area contributed by atoms with Gasteiger partial charge in [0.2, 0.25) is 0 Å². The van der Waals surface area contributed by atoms with Gasteiger partial charge in [-0.2, -0.15) is 0 Å². The quantitative estimate of drug-likeness (QED) is 0.854. The average Bonchev–Trinajstić information content (AvgIpc) is 2.91. The Morgan fingerprint density at radius 3 is 2.75 bits per heavy atom. The Hall–Kier alpha value is -1.40. The lowest BCUT2D eigenvalue weighted by Crippen LogP contribution is -2.53. The lowest BCUT2D eigenvalue weighted by atomic mass is 9.91. The maximum atomic E-state index is 12.4. The summed E-state index contributed by atoms with van der Waals surface area (Å²) < 4.78 is 4.83. The molecule has 0 bridgehead atoms. The number of rotatable bonds is 3. The topological polar surface area (TPSA) is 58.6 Å². The zero-order chi connectivity index (χ0) is 14.7. The minimum absolute atomic E-state index is 0.0478. The van der Waals surface area contributed by atoms with Gasteiger partial charge >= 0.3 is 5.97 Å². The van der Waals surface area contributed by atoms with Crippen LogP contribution >= 0.6 is 11.3 Å². The minimum atomic E-state index is -0.205. The molecule has 1 N–H and O–H groups in total. The second kappa shape index (κ2) is 6.37. The molecule has 1 saturated heterocycles. The van der Waals surface area contributed by atoms with Crippen molar-refractivity contribution in [2.24, 2.45) is 5.92 Å². The maximum Gasteiger partial charge on any atom is 0.310 e. The number of esters is 1. The van der Waals surface area contributed by atoms with Crippen molar-refractivity contribution in [1.29, 1.82) is 0 Å². The number of hydrogen-bond donors (Lipinski definition) is 1. The van der Waals surface area contributed by atoms with Crippen LogP contribution in [0.3, 0.4) is 0 Å². The highest BCUT2D eigenvalue weighted by Gasteiger charge is 2.36. The van der Waals surface area contributed by atoms with Gasteiger partial charge in [0, 0.05) is 24.0 Å². The van der Waals surface area contributed by atoms with Crippen molar-refractivity contribution < 1.29 is 14.3 Å². The van der Waals surface area contributed by atoms with Crippen LogP contribution in [-0.2, 0) is 9.53 Å². The third-order valence-electron chi connectivity index (χ3n) is 3.73. The predicted octanol–water partition coefficient (Wildman–Crippen LogP) is 1.28. The monoisotopic (exact) mass is 296 g/mol. The first-order chi connectivity index (χ1) is 9.56. The summed E-state index contributed by atoms with van der Waals surface area (Å²) in [4.78, 5) is 27.8. The number of carbonyl (C=O) groups excluding carboxylic acids is 2. The molecule has 2 unspecified atom stereocenters. The number of ether oxygens (including phenoxy) is 1. The number of hydrogen-bond acceptors (Lipinski definition) is 5. The maximum absolute atomic E-state index is 12.4. The molecule has 5 nitrogen and oxygen atoms in total. The Kier molecular flexibility index (Phi) is 4.77. The number of carbonyl (C=O) groups is 2. The number of amides is 1. The van der Waals surface area contributed by atoms with Crippen molar-refractivity contribution in [2.45, 2.75) is 19.4 Å². The van der Waals surface area contributed by atoms with Crippen LogP contribution < -0.4 is 5.32 Å². The average molecular weight is 296 g/mol. The Bertz CT molecular complexity index is 500. The molecule has 1 aliphatic heterocycles. The third-order valence-corrected chi connectivity index (χ3v) is 4.71. The van der Waals surface area contributed by atoms with Crippen LogP contribution in [-0.4, -0.2) is 50.1 Å². The molecule has 1 aromatic heterocycles. The summed E-state index contributed by atoms with van der Waals surface area (Å²) in [6, 6.07) is 3.76. The van der Waals surface area contributed by atoms with Gasteiger partial charge in [0.15, 0.2) is 0 Å². The highest BCUT2D eigenvalue weighted by molar-refractivity contribution is 7.13. The number of methoxy groups -OCH3 is 1. The van der Waals surface area contributed by atoms with E-state index >= 15 is 0 Å². The van der Waals surface area contributed by atoms with Gasteiger partial charge in [-0.15, -0.1) is 11.3 Å². The summed E-state index contributed by atoms with van der Waals surface area (Å²) in [5.41, 5.74) is 0. The first-order valence-electron chi connectivity index (χ1n) is 6.67. The van der Waals surface area contributed by atoms with Crippen LogP contribution in [0.5, 0.6) is 0 Å². The zero-order valence-electron chi connectivity index (χ0n) is 12.0. The Morgan fingerprint density at radius 2 is 2.20 bits per heavy atom. The fourth-order valence-corrected chi connectivity index (χ4v) is 3.40. The molecule has 0 spiro atoms. The van der Waals surface area contributed by atoms with Gasteiger partial charge in [-0.05, 0) is 32.5 Å². The van der Waals surface area contributed by atoms with E-state index in [4.69, 9.17) is 4.74 Å². The molecule has 6 heteroatoms. The van der Waals surface area contributed by atoms with Gasteiger partial charge in [-0.1, -0.05) is 0 Å². The summed E-state index contributed by atoms with van der Waals surface area (Å²) in [5, 5.41) is 3.12. The lowest BCUT2D eigenvalue weighted by Gasteiger charge is -2.36. The molecule has 110 valence electrons. The van der Waals surface area contributed by atoms with Crippen molar-refractivity contribution in [3.8, 4) is 0 Å². The molecular weight excluding hydrogens is 276 g/mol. The first kappa shape index (κ1) is 15.0. The van der Waals surface area contributed by atoms with E-state index in [1.54, 1.807) is 0 Å². The van der Waals surface area contributed by atoms with E-state index in [2.05, 4.69) is 5.32 Å². The smallest absolute Gasteiger partial charge is 0.310 e. The van der Waals surface area contributed by atoms with E-state index in [0.29, 0.717) is 19.5 Å². The van der Waals surface area contributed by atoms with Gasteiger partial charge in [-0.3, -0.25) is 9.59 Å². The van der Waals surface area contributed by atoms with Gasteiger partial charge in [0.1, 0.15) is 0 Å². The van der Waals surface area contributed by atoms with Crippen molar-refractivity contribution in [3.63, 3.8) is 0 Å². The molecule has 2 heterocycles. The molecule has 1 fully saturated rings. The number of likely N-dealkylation sites (N-methyl/N-ethyl adjacent to an activating group) is 1. The van der Waals surface area contributed by atoms with Crippen LogP contribution in [0.1, 0.15) is 21.0 Å². The molecular formula is C14H20N2O3S. The summed E-state index contributed by atoms with van der Waals surface area (Å²) in [6.07, 6.45) is 0.633. The van der Waals surface area contributed by atoms with E-state index in [0.717, 1.165) is 9.75 Å². The van der Waals surface area contributed by atoms with Crippen LogP contribution in [0, 0.1) is 12.8 Å². The predicted molar refractivity (Wildman–Crippen MR) is 77.9 cm³/mol. The molecule has 0 saturated carbocycles. The van der Waals surface area contributed by atoms with Crippen LogP contribution in [0.25, 0.3) is 0 Å². The standard InChI is InChI=1S/C14H20N2O3S/c1-9-4-5-12(20-9)13(17)16-7-6-10(14(18)19-3)11(8-16)15-2/h4-5,10-11,15H,6-8H2,1-3H3. The van der Waals surface area contributed by atoms with Gasteiger partial charge in [0.25, 0.3) is 5.91 Å². The minimum Gasteiger partial charge on any atom is -0.469 e. The fraction of sp³-hybridized carbons (Fsp3) is 0.571. The Morgan fingerprint density at radius 1 is 1.45 bits per heavy atom. The SMILES string of the molecule is CNC1CN(C(=O)c2ccc(C)s2)CCC1C(=O)OC. The van der Waals surface area contributed by atoms with Crippen molar-refractivity contribution in [2.75, 3.05) is 27.2 Å². The lowest BCUT2D eigenvalue weighted by molar-refractivity contribution is -0.147. The number of piperidine rings is 1. The normalized spacial score (nSPS) is 22.6. The second-order valence-electron chi connectivity index (χ2n) is 4.97. The molecule has 20 heavy (non-hydrogen) atoms. The Balaban J connectivity index is 2.06. The zero-order valence-corrected chi connectivity index (χ0v) is 12.8. The summed E-state index contributed by atoms with van der Waals surface area (Å²) >= 11 is 1.51. The molecule has 1 aliphatic rings. The number of nitrogens with one attached hydrogen (secondary N) is 1. The molecule has 0 radical (unpaired) electrons. The van der Waals surface area contributed by atoms with E-state index in [9.17, 15) is 9.59 Å². The van der Waals surface area contributed by atoms with Crippen LogP contribution in [0.4, 0.5) is 0 Å². The van der Waals surface area contributed by atoms with Crippen molar-refractivity contribution in [3.05, 3.63) is 21.9 Å². The first-order valence-corrected chi connectivity index (χ1v) is 7.49. The van der Waals surface area contributed by atoms with Gasteiger partial charge < -0.3 is 15.0 Å². The molecule has 0 aromatic carbocycles. The fourth-order valence-electron chi connectivity index (χ4n) is 2.57. The van der Waals surface area contributed by atoms with E-state index in [1.807, 2.05) is 31.0 Å². The largest absolute Gasteiger partial charge is 0.469 e. The Labute approximate surface area is 122 Å². The van der Waals surface area contributed by atoms with Crippen molar-refractivity contribution in [1.82, 2.24) is 10.2 Å². The van der Waals surface area contributed by atoms with E-state index in [-0.39, 0.29) is 23.8 Å². The highest BCUT2D eigenvalue weighted by Crippen LogP contribution is 2.23. The third kappa shape index (κ3) is 3.02. The molecule has 1 amide bonds. The highest BCUT2D eigenvalue weighted by atomic mass is 32.1. The number of aryl methyl sites for hydroxylation is 1. The molecule has 2 atom stereocenters. The van der Waals surface area contributed by atoms with Crippen LogP contribution in [0.2, 0.25) is 0 Å². The van der Waals surface area contributed by atoms with Gasteiger partial charge in [0.05, 0.1) is 17.9 Å². The molecule has 2 rings (SSSR count). The van der Waals surface area contributed by atoms with E-state index < -0.39 is 0 Å².